The third-order valence-corrected chi connectivity index (χ3v) is 7.26. The van der Waals surface area contributed by atoms with Crippen LogP contribution in [-0.4, -0.2) is 36.6 Å². The fourth-order valence-electron chi connectivity index (χ4n) is 5.38. The quantitative estimate of drug-likeness (QED) is 0.274. The Kier molecular flexibility index (Phi) is 9.00. The number of nitrogens with one attached hydrogen (secondary N) is 2. The molecular weight excluding hydrogens is 481 g/mol. The number of pyridine rings is 1. The number of amides is 1. The molecule has 2 N–H and O–H groups in total. The highest BCUT2D eigenvalue weighted by molar-refractivity contribution is 6.01. The van der Waals surface area contributed by atoms with Crippen LogP contribution >= 0.6 is 0 Å². The van der Waals surface area contributed by atoms with Crippen molar-refractivity contribution in [3.63, 3.8) is 0 Å². The van der Waals surface area contributed by atoms with Gasteiger partial charge in [0.1, 0.15) is 5.82 Å². The minimum absolute atomic E-state index is 0.117. The number of fused-ring (bicyclic) bond motifs is 1. The molecule has 0 saturated heterocycles. The smallest absolute Gasteiger partial charge is 0.253 e. The second kappa shape index (κ2) is 12.6. The minimum atomic E-state index is -0.233. The van der Waals surface area contributed by atoms with Crippen LogP contribution in [0.25, 0.3) is 22.0 Å². The van der Waals surface area contributed by atoms with E-state index in [2.05, 4.69) is 15.3 Å². The molecule has 1 aliphatic carbocycles. The highest BCUT2D eigenvalue weighted by Gasteiger charge is 2.25. The molecule has 1 amide bonds. The van der Waals surface area contributed by atoms with E-state index in [4.69, 9.17) is 9.47 Å². The Morgan fingerprint density at radius 3 is 2.55 bits per heavy atom. The van der Waals surface area contributed by atoms with Gasteiger partial charge in [-0.15, -0.1) is 0 Å². The van der Waals surface area contributed by atoms with Crippen molar-refractivity contribution in [1.29, 1.82) is 0 Å². The fourth-order valence-corrected chi connectivity index (χ4v) is 5.38. The van der Waals surface area contributed by atoms with Gasteiger partial charge in [0.15, 0.2) is 11.5 Å². The van der Waals surface area contributed by atoms with Crippen LogP contribution in [-0.2, 0) is 0 Å². The molecule has 0 aliphatic heterocycles. The Hall–Kier alpha value is -3.87. The molecule has 4 aromatic rings. The second-order valence-electron chi connectivity index (χ2n) is 9.31. The molecule has 0 atom stereocenters. The van der Waals surface area contributed by atoms with E-state index in [1.165, 1.54) is 11.6 Å². The van der Waals surface area contributed by atoms with Gasteiger partial charge in [0, 0.05) is 41.6 Å². The van der Waals surface area contributed by atoms with Crippen LogP contribution in [0.5, 0.6) is 11.5 Å². The first-order chi connectivity index (χ1) is 18.6. The molecule has 200 valence electrons. The molecule has 1 aliphatic rings. The van der Waals surface area contributed by atoms with E-state index in [0.717, 1.165) is 47.7 Å². The summed E-state index contributed by atoms with van der Waals surface area (Å²) in [6, 6.07) is 12.4. The van der Waals surface area contributed by atoms with E-state index in [1.54, 1.807) is 38.7 Å². The summed E-state index contributed by atoms with van der Waals surface area (Å²) in [5, 5.41) is 4.04. The Morgan fingerprint density at radius 2 is 1.82 bits per heavy atom. The van der Waals surface area contributed by atoms with Crippen LogP contribution in [0.3, 0.4) is 0 Å². The summed E-state index contributed by atoms with van der Waals surface area (Å²) < 4.78 is 24.9. The Morgan fingerprint density at radius 1 is 1.03 bits per heavy atom. The van der Waals surface area contributed by atoms with Crippen molar-refractivity contribution in [3.05, 3.63) is 78.0 Å². The number of ether oxygens (including phenoxy) is 2. The maximum atomic E-state index is 13.9. The van der Waals surface area contributed by atoms with Crippen LogP contribution < -0.4 is 14.8 Å². The first-order valence-corrected chi connectivity index (χ1v) is 13.3. The van der Waals surface area contributed by atoms with Crippen molar-refractivity contribution in [1.82, 2.24) is 15.3 Å². The van der Waals surface area contributed by atoms with Crippen LogP contribution in [0.2, 0.25) is 0 Å². The maximum Gasteiger partial charge on any atom is 0.253 e. The van der Waals surface area contributed by atoms with Crippen LogP contribution in [0.4, 0.5) is 4.39 Å². The van der Waals surface area contributed by atoms with Crippen LogP contribution in [0, 0.1) is 11.7 Å². The van der Waals surface area contributed by atoms with Gasteiger partial charge in [-0.25, -0.2) is 4.39 Å². The first-order valence-electron chi connectivity index (χ1n) is 13.3. The van der Waals surface area contributed by atoms with E-state index < -0.39 is 0 Å². The van der Waals surface area contributed by atoms with Gasteiger partial charge < -0.3 is 19.8 Å². The predicted molar refractivity (Wildman–Crippen MR) is 149 cm³/mol. The molecule has 1 fully saturated rings. The molecule has 0 radical (unpaired) electrons. The molecule has 2 aromatic heterocycles. The number of halogens is 1. The van der Waals surface area contributed by atoms with E-state index in [1.807, 2.05) is 44.3 Å². The number of methoxy groups -OCH3 is 2. The zero-order valence-corrected chi connectivity index (χ0v) is 22.5. The lowest BCUT2D eigenvalue weighted by molar-refractivity contribution is 0.0943. The zero-order chi connectivity index (χ0) is 27.1. The van der Waals surface area contributed by atoms with Crippen molar-refractivity contribution >= 4 is 16.8 Å². The summed E-state index contributed by atoms with van der Waals surface area (Å²) >= 11 is 0. The number of hydrogen-bond donors (Lipinski definition) is 2. The third kappa shape index (κ3) is 5.67. The van der Waals surface area contributed by atoms with Crippen molar-refractivity contribution < 1.29 is 18.7 Å². The predicted octanol–water partition coefficient (Wildman–Crippen LogP) is 7.12. The maximum absolute atomic E-state index is 13.9. The van der Waals surface area contributed by atoms with Gasteiger partial charge >= 0.3 is 0 Å². The average Bonchev–Trinajstić information content (AvgIpc) is 3.46. The number of carbonyl (C=O) groups is 1. The molecule has 2 aromatic carbocycles. The number of nitrogens with zero attached hydrogens (tertiary/aromatic N) is 1. The number of para-hydroxylation sites is 1. The Labute approximate surface area is 223 Å². The normalized spacial score (nSPS) is 16.9. The molecule has 2 heterocycles. The van der Waals surface area contributed by atoms with E-state index >= 15 is 0 Å². The standard InChI is InChI=1S/C29H30FN3O3.C2H6/c1-35-27-5-3-4-22(28(27)36-2)24-16-31-17-25(24)29(34)33-15-18-6-8-19(9-7-18)21-12-13-32-26-11-10-20(30)14-23(21)26;1-2/h3-5,10-14,16-19,31H,6-9,15H2,1-2H3,(H,33,34);1-2H3. The molecule has 38 heavy (non-hydrogen) atoms. The fraction of sp³-hybridized carbons (Fsp3) is 0.355. The summed E-state index contributed by atoms with van der Waals surface area (Å²) in [6.07, 6.45) is 9.36. The van der Waals surface area contributed by atoms with Gasteiger partial charge in [0.2, 0.25) is 0 Å². The lowest BCUT2D eigenvalue weighted by atomic mass is 9.78. The second-order valence-corrected chi connectivity index (χ2v) is 9.31. The minimum Gasteiger partial charge on any atom is -0.493 e. The van der Waals surface area contributed by atoms with Crippen molar-refractivity contribution in [2.45, 2.75) is 45.4 Å². The average molecular weight is 518 g/mol. The van der Waals surface area contributed by atoms with Crippen LogP contribution in [0.15, 0.2) is 61.1 Å². The van der Waals surface area contributed by atoms with Gasteiger partial charge in [-0.05, 0) is 73.4 Å². The number of carbonyl (C=O) groups excluding carboxylic acids is 1. The monoisotopic (exact) mass is 517 g/mol. The summed E-state index contributed by atoms with van der Waals surface area (Å²) in [5.41, 5.74) is 4.14. The molecule has 7 heteroatoms. The molecular formula is C31H36FN3O3. The number of H-pyrrole nitrogens is 1. The number of aromatic amines is 1. The summed E-state index contributed by atoms with van der Waals surface area (Å²) in [4.78, 5) is 20.6. The van der Waals surface area contributed by atoms with Gasteiger partial charge in [-0.3, -0.25) is 9.78 Å². The Balaban J connectivity index is 0.00000164. The molecule has 5 rings (SSSR count). The van der Waals surface area contributed by atoms with Crippen molar-refractivity contribution in [2.24, 2.45) is 5.92 Å². The lowest BCUT2D eigenvalue weighted by Gasteiger charge is -2.29. The van der Waals surface area contributed by atoms with E-state index in [9.17, 15) is 9.18 Å². The third-order valence-electron chi connectivity index (χ3n) is 7.26. The highest BCUT2D eigenvalue weighted by atomic mass is 19.1. The van der Waals surface area contributed by atoms with Crippen molar-refractivity contribution in [2.75, 3.05) is 20.8 Å². The zero-order valence-electron chi connectivity index (χ0n) is 22.5. The molecule has 6 nitrogen and oxygen atoms in total. The number of hydrogen-bond acceptors (Lipinski definition) is 4. The van der Waals surface area contributed by atoms with E-state index in [-0.39, 0.29) is 11.7 Å². The lowest BCUT2D eigenvalue weighted by Crippen LogP contribution is -2.31. The van der Waals surface area contributed by atoms with Gasteiger partial charge in [0.25, 0.3) is 5.91 Å². The molecule has 0 bridgehead atoms. The van der Waals surface area contributed by atoms with Gasteiger partial charge in [-0.1, -0.05) is 26.0 Å². The molecule has 0 unspecified atom stereocenters. The van der Waals surface area contributed by atoms with Crippen LogP contribution in [0.1, 0.15) is 61.4 Å². The molecule has 0 spiro atoms. The van der Waals surface area contributed by atoms with Gasteiger partial charge in [0.05, 0.1) is 25.3 Å². The summed E-state index contributed by atoms with van der Waals surface area (Å²) in [5.74, 6) is 1.64. The van der Waals surface area contributed by atoms with Gasteiger partial charge in [-0.2, -0.15) is 0 Å². The summed E-state index contributed by atoms with van der Waals surface area (Å²) in [7, 11) is 3.19. The number of aromatic nitrogens is 2. The largest absolute Gasteiger partial charge is 0.493 e. The molecule has 1 saturated carbocycles. The topological polar surface area (TPSA) is 76.2 Å². The summed E-state index contributed by atoms with van der Waals surface area (Å²) in [6.45, 7) is 4.62. The highest BCUT2D eigenvalue weighted by Crippen LogP contribution is 2.40. The SMILES string of the molecule is CC.COc1cccc(-c2c[nH]cc2C(=O)NCC2CCC(c3ccnc4ccc(F)cc34)CC2)c1OC. The number of benzene rings is 2. The Bertz CT molecular complexity index is 1380. The van der Waals surface area contributed by atoms with Crippen molar-refractivity contribution in [3.8, 4) is 22.6 Å². The van der Waals surface area contributed by atoms with E-state index in [0.29, 0.717) is 35.4 Å². The number of rotatable bonds is 7. The first kappa shape index (κ1) is 27.2.